The molecule has 2 rings (SSSR count). The molecule has 1 aliphatic rings. The summed E-state index contributed by atoms with van der Waals surface area (Å²) in [7, 11) is 1.73. The first kappa shape index (κ1) is 24.1. The average Bonchev–Trinajstić information content (AvgIpc) is 3.18. The quantitative estimate of drug-likeness (QED) is 0.643. The molecule has 1 aromatic rings. The van der Waals surface area contributed by atoms with Crippen LogP contribution in [0.2, 0.25) is 0 Å². The summed E-state index contributed by atoms with van der Waals surface area (Å²) in [6.45, 7) is 10.4. The van der Waals surface area contributed by atoms with Crippen LogP contribution in [0.5, 0.6) is 0 Å². The van der Waals surface area contributed by atoms with Crippen molar-refractivity contribution in [3.8, 4) is 0 Å². The van der Waals surface area contributed by atoms with Gasteiger partial charge >= 0.3 is 0 Å². The van der Waals surface area contributed by atoms with Crippen molar-refractivity contribution in [2.75, 3.05) is 13.6 Å². The van der Waals surface area contributed by atoms with Gasteiger partial charge in [-0.25, -0.2) is 0 Å². The minimum absolute atomic E-state index is 0.0191. The van der Waals surface area contributed by atoms with Gasteiger partial charge in [0, 0.05) is 25.4 Å². The number of Topliss-reactive ketones (excluding diaryl/α,β-unsaturated/α-hetero) is 1. The second-order valence-electron chi connectivity index (χ2n) is 9.94. The number of carbonyl (C=O) groups excluding carboxylic acids is 3. The predicted molar refractivity (Wildman–Crippen MR) is 120 cm³/mol. The summed E-state index contributed by atoms with van der Waals surface area (Å²) in [5.41, 5.74) is 0.604. The van der Waals surface area contributed by atoms with E-state index in [-0.39, 0.29) is 17.6 Å². The summed E-state index contributed by atoms with van der Waals surface area (Å²) in [4.78, 5) is 42.7. The van der Waals surface area contributed by atoms with Crippen LogP contribution in [0.4, 0.5) is 0 Å². The number of ketones is 1. The van der Waals surface area contributed by atoms with Crippen molar-refractivity contribution in [2.24, 2.45) is 11.3 Å². The topological polar surface area (TPSA) is 57.7 Å². The second-order valence-corrected chi connectivity index (χ2v) is 9.94. The van der Waals surface area contributed by atoms with Gasteiger partial charge in [0.2, 0.25) is 11.8 Å². The Morgan fingerprint density at radius 1 is 1.13 bits per heavy atom. The van der Waals surface area contributed by atoms with Gasteiger partial charge in [0.1, 0.15) is 6.04 Å². The first-order chi connectivity index (χ1) is 14.0. The fourth-order valence-electron chi connectivity index (χ4n) is 4.14. The van der Waals surface area contributed by atoms with E-state index < -0.39 is 17.5 Å². The van der Waals surface area contributed by atoms with E-state index in [1.165, 1.54) is 0 Å². The molecule has 1 aliphatic heterocycles. The van der Waals surface area contributed by atoms with Crippen LogP contribution in [-0.4, -0.2) is 53.1 Å². The number of likely N-dealkylation sites (tertiary alicyclic amines) is 1. The molecule has 1 saturated heterocycles. The first-order valence-electron chi connectivity index (χ1n) is 11.2. The molecule has 1 fully saturated rings. The van der Waals surface area contributed by atoms with Crippen molar-refractivity contribution in [3.05, 3.63) is 35.9 Å². The fourth-order valence-corrected chi connectivity index (χ4v) is 4.14. The smallest absolute Gasteiger partial charge is 0.245 e. The highest BCUT2D eigenvalue weighted by Gasteiger charge is 2.40. The third-order valence-electron chi connectivity index (χ3n) is 5.88. The van der Waals surface area contributed by atoms with E-state index in [9.17, 15) is 14.4 Å². The summed E-state index contributed by atoms with van der Waals surface area (Å²) in [5, 5.41) is 0. The van der Waals surface area contributed by atoms with Crippen LogP contribution in [0.1, 0.15) is 65.9 Å². The maximum Gasteiger partial charge on any atom is 0.245 e. The van der Waals surface area contributed by atoms with E-state index in [2.05, 4.69) is 13.8 Å². The molecule has 0 N–H and O–H groups in total. The van der Waals surface area contributed by atoms with E-state index in [1.807, 2.05) is 51.1 Å². The Morgan fingerprint density at radius 2 is 1.77 bits per heavy atom. The highest BCUT2D eigenvalue weighted by Crippen LogP contribution is 2.26. The molecule has 0 bridgehead atoms. The van der Waals surface area contributed by atoms with Gasteiger partial charge < -0.3 is 9.80 Å². The minimum Gasteiger partial charge on any atom is -0.334 e. The summed E-state index contributed by atoms with van der Waals surface area (Å²) in [6, 6.07) is 9.02. The lowest BCUT2D eigenvalue weighted by Gasteiger charge is -2.36. The molecule has 5 heteroatoms. The fraction of sp³-hybridized carbons (Fsp3) is 0.640. The number of rotatable bonds is 8. The number of likely N-dealkylation sites (N-methyl/N-ethyl adjacent to an activating group) is 1. The van der Waals surface area contributed by atoms with Gasteiger partial charge in [0.15, 0.2) is 5.78 Å². The number of amides is 2. The minimum atomic E-state index is -0.519. The summed E-state index contributed by atoms with van der Waals surface area (Å²) in [6.07, 6.45) is 3.19. The van der Waals surface area contributed by atoms with E-state index in [0.717, 1.165) is 12.0 Å². The van der Waals surface area contributed by atoms with E-state index in [1.54, 1.807) is 16.8 Å². The zero-order chi connectivity index (χ0) is 22.5. The summed E-state index contributed by atoms with van der Waals surface area (Å²) in [5.74, 6) is 0.283. The van der Waals surface area contributed by atoms with Gasteiger partial charge in [-0.05, 0) is 37.2 Å². The SMILES string of the molecule is CC(C)C[C@H](C(=O)C(C)(C)C)N(C)C(=O)[C@@H]1CCCN1C(=O)CCc1ccccc1. The van der Waals surface area contributed by atoms with Crippen LogP contribution < -0.4 is 0 Å². The number of carbonyl (C=O) groups is 3. The Hall–Kier alpha value is -2.17. The Morgan fingerprint density at radius 3 is 2.33 bits per heavy atom. The number of aryl methyl sites for hydroxylation is 1. The molecule has 5 nitrogen and oxygen atoms in total. The highest BCUT2D eigenvalue weighted by atomic mass is 16.2. The Labute approximate surface area is 181 Å². The number of hydrogen-bond donors (Lipinski definition) is 0. The predicted octanol–water partition coefficient (Wildman–Crippen LogP) is 4.10. The maximum absolute atomic E-state index is 13.4. The Kier molecular flexibility index (Phi) is 8.22. The largest absolute Gasteiger partial charge is 0.334 e. The lowest BCUT2D eigenvalue weighted by atomic mass is 9.83. The second kappa shape index (κ2) is 10.2. The molecular weight excluding hydrogens is 376 g/mol. The lowest BCUT2D eigenvalue weighted by molar-refractivity contribution is -0.148. The van der Waals surface area contributed by atoms with Gasteiger partial charge in [-0.3, -0.25) is 14.4 Å². The third-order valence-corrected chi connectivity index (χ3v) is 5.88. The molecule has 1 aromatic carbocycles. The van der Waals surface area contributed by atoms with Crippen molar-refractivity contribution in [2.45, 2.75) is 78.8 Å². The standard InChI is InChI=1S/C25H38N2O3/c1-18(2)17-21(23(29)25(3,4)5)26(6)24(30)20-13-10-16-27(20)22(28)15-14-19-11-8-7-9-12-19/h7-9,11-12,18,20-21H,10,13-17H2,1-6H3/t20-,21+/m0/s1. The molecule has 30 heavy (non-hydrogen) atoms. The molecule has 0 aliphatic carbocycles. The third kappa shape index (κ3) is 6.16. The number of benzene rings is 1. The molecule has 0 saturated carbocycles. The van der Waals surface area contributed by atoms with Gasteiger partial charge in [-0.15, -0.1) is 0 Å². The molecule has 2 amide bonds. The van der Waals surface area contributed by atoms with Crippen molar-refractivity contribution < 1.29 is 14.4 Å². The summed E-state index contributed by atoms with van der Waals surface area (Å²) >= 11 is 0. The van der Waals surface area contributed by atoms with Crippen molar-refractivity contribution in [1.82, 2.24) is 9.80 Å². The molecule has 0 aromatic heterocycles. The molecule has 0 unspecified atom stereocenters. The van der Waals surface area contributed by atoms with Gasteiger partial charge in [0.05, 0.1) is 6.04 Å². The molecule has 166 valence electrons. The normalized spacial score (nSPS) is 17.8. The first-order valence-corrected chi connectivity index (χ1v) is 11.2. The van der Waals surface area contributed by atoms with Crippen LogP contribution in [0.3, 0.4) is 0 Å². The van der Waals surface area contributed by atoms with Gasteiger partial charge in [-0.2, -0.15) is 0 Å². The highest BCUT2D eigenvalue weighted by molar-refractivity contribution is 5.95. The molecule has 0 spiro atoms. The number of hydrogen-bond acceptors (Lipinski definition) is 3. The Bertz CT molecular complexity index is 737. The molecule has 0 radical (unpaired) electrons. The average molecular weight is 415 g/mol. The zero-order valence-electron chi connectivity index (χ0n) is 19.5. The van der Waals surface area contributed by atoms with E-state index in [4.69, 9.17) is 0 Å². The molecule has 2 atom stereocenters. The van der Waals surface area contributed by atoms with E-state index >= 15 is 0 Å². The van der Waals surface area contributed by atoms with Crippen molar-refractivity contribution in [1.29, 1.82) is 0 Å². The van der Waals surface area contributed by atoms with Crippen molar-refractivity contribution in [3.63, 3.8) is 0 Å². The molecule has 1 heterocycles. The van der Waals surface area contributed by atoms with E-state index in [0.29, 0.717) is 38.1 Å². The van der Waals surface area contributed by atoms with Crippen LogP contribution in [0, 0.1) is 11.3 Å². The van der Waals surface area contributed by atoms with Crippen molar-refractivity contribution >= 4 is 17.6 Å². The maximum atomic E-state index is 13.4. The monoisotopic (exact) mass is 414 g/mol. The Balaban J connectivity index is 2.09. The summed E-state index contributed by atoms with van der Waals surface area (Å²) < 4.78 is 0. The van der Waals surface area contributed by atoms with Crippen LogP contribution >= 0.6 is 0 Å². The lowest BCUT2D eigenvalue weighted by Crippen LogP contribution is -2.53. The van der Waals surface area contributed by atoms with Gasteiger partial charge in [-0.1, -0.05) is 65.0 Å². The molecular formula is C25H38N2O3. The van der Waals surface area contributed by atoms with Crippen LogP contribution in [0.25, 0.3) is 0 Å². The zero-order valence-corrected chi connectivity index (χ0v) is 19.5. The van der Waals surface area contributed by atoms with Crippen LogP contribution in [-0.2, 0) is 20.8 Å². The van der Waals surface area contributed by atoms with Crippen LogP contribution in [0.15, 0.2) is 30.3 Å². The number of nitrogens with zero attached hydrogens (tertiary/aromatic N) is 2. The van der Waals surface area contributed by atoms with Gasteiger partial charge in [0.25, 0.3) is 0 Å².